The molecule has 1 fully saturated rings. The lowest BCUT2D eigenvalue weighted by Gasteiger charge is -2.16. The van der Waals surface area contributed by atoms with Crippen LogP contribution in [0.3, 0.4) is 0 Å². The molecule has 2 heterocycles. The number of sulfone groups is 1. The Balaban J connectivity index is 1.53. The van der Waals surface area contributed by atoms with Gasteiger partial charge in [-0.25, -0.2) is 8.42 Å². The maximum absolute atomic E-state index is 13.1. The molecule has 0 spiro atoms. The van der Waals surface area contributed by atoms with Crippen molar-refractivity contribution in [2.75, 3.05) is 34.4 Å². The number of aromatic nitrogens is 2. The average Bonchev–Trinajstić information content (AvgIpc) is 3.54. The Kier molecular flexibility index (Phi) is 6.72. The molecule has 1 atom stereocenters. The lowest BCUT2D eigenvalue weighted by molar-refractivity contribution is 0.0787. The van der Waals surface area contributed by atoms with Crippen LogP contribution in [0.1, 0.15) is 16.9 Å². The van der Waals surface area contributed by atoms with E-state index in [1.165, 1.54) is 38.4 Å². The fraction of sp³-hybridized carbons (Fsp3) is 0.304. The van der Waals surface area contributed by atoms with E-state index < -0.39 is 15.1 Å². The van der Waals surface area contributed by atoms with E-state index in [4.69, 9.17) is 25.8 Å². The normalized spacial score (nSPS) is 15.9. The van der Waals surface area contributed by atoms with Crippen LogP contribution in [0, 0.1) is 0 Å². The van der Waals surface area contributed by atoms with Crippen LogP contribution in [-0.2, 0) is 9.84 Å². The highest BCUT2D eigenvalue weighted by atomic mass is 35.5. The number of aromatic amines is 1. The number of carbonyl (C=O) groups is 1. The molecule has 34 heavy (non-hydrogen) atoms. The topological polar surface area (TPSA) is 111 Å². The van der Waals surface area contributed by atoms with Gasteiger partial charge in [-0.1, -0.05) is 11.6 Å². The van der Waals surface area contributed by atoms with Crippen LogP contribution in [0.5, 0.6) is 17.2 Å². The third-order valence-electron chi connectivity index (χ3n) is 5.78. The number of halogens is 1. The van der Waals surface area contributed by atoms with Crippen molar-refractivity contribution < 1.29 is 27.4 Å². The number of nitrogens with zero attached hydrogens (tertiary/aromatic N) is 2. The lowest BCUT2D eigenvalue weighted by atomic mass is 10.1. The molecule has 11 heteroatoms. The zero-order chi connectivity index (χ0) is 24.5. The Hall–Kier alpha value is -3.24. The van der Waals surface area contributed by atoms with E-state index in [9.17, 15) is 13.2 Å². The molecule has 1 N–H and O–H groups in total. The number of hydrogen-bond acceptors (Lipinski definition) is 7. The Bertz CT molecular complexity index is 1280. The molecule has 0 radical (unpaired) electrons. The van der Waals surface area contributed by atoms with Crippen LogP contribution in [0.15, 0.2) is 47.4 Å². The van der Waals surface area contributed by atoms with Gasteiger partial charge in [-0.05, 0) is 48.9 Å². The molecule has 1 aliphatic rings. The quantitative estimate of drug-likeness (QED) is 0.523. The Morgan fingerprint density at radius 3 is 2.29 bits per heavy atom. The molecule has 2 aromatic carbocycles. The van der Waals surface area contributed by atoms with Crippen LogP contribution in [0.4, 0.5) is 0 Å². The summed E-state index contributed by atoms with van der Waals surface area (Å²) in [5.41, 5.74) is 1.43. The molecular formula is C23H24ClN3O6S. The summed E-state index contributed by atoms with van der Waals surface area (Å²) in [4.78, 5) is 14.8. The first-order valence-corrected chi connectivity index (χ1v) is 12.4. The van der Waals surface area contributed by atoms with Crippen LogP contribution in [0.25, 0.3) is 11.3 Å². The van der Waals surface area contributed by atoms with Gasteiger partial charge in [-0.2, -0.15) is 5.10 Å². The van der Waals surface area contributed by atoms with E-state index in [-0.39, 0.29) is 23.0 Å². The molecule has 9 nitrogen and oxygen atoms in total. The highest BCUT2D eigenvalue weighted by molar-refractivity contribution is 7.92. The summed E-state index contributed by atoms with van der Waals surface area (Å²) in [6.07, 6.45) is 0.352. The first-order valence-electron chi connectivity index (χ1n) is 10.4. The summed E-state index contributed by atoms with van der Waals surface area (Å²) in [7, 11) is 0.966. The minimum atomic E-state index is -3.58. The number of rotatable bonds is 7. The number of hydrogen-bond donors (Lipinski definition) is 1. The number of benzene rings is 2. The number of amides is 1. The Morgan fingerprint density at radius 1 is 1.06 bits per heavy atom. The molecule has 0 bridgehead atoms. The first-order chi connectivity index (χ1) is 16.3. The highest BCUT2D eigenvalue weighted by Gasteiger charge is 2.37. The zero-order valence-electron chi connectivity index (χ0n) is 18.9. The van der Waals surface area contributed by atoms with Crippen LogP contribution >= 0.6 is 11.6 Å². The minimum Gasteiger partial charge on any atom is -0.493 e. The Labute approximate surface area is 202 Å². The van der Waals surface area contributed by atoms with Crippen molar-refractivity contribution in [3.05, 3.63) is 53.2 Å². The zero-order valence-corrected chi connectivity index (χ0v) is 20.4. The second-order valence-electron chi connectivity index (χ2n) is 7.74. The smallest absolute Gasteiger partial charge is 0.271 e. The van der Waals surface area contributed by atoms with Crippen molar-refractivity contribution in [2.24, 2.45) is 0 Å². The van der Waals surface area contributed by atoms with Gasteiger partial charge in [0.15, 0.2) is 21.3 Å². The van der Waals surface area contributed by atoms with Crippen molar-refractivity contribution >= 4 is 27.3 Å². The van der Waals surface area contributed by atoms with Crippen molar-refractivity contribution in [2.45, 2.75) is 16.6 Å². The van der Waals surface area contributed by atoms with Crippen molar-refractivity contribution in [1.82, 2.24) is 15.1 Å². The van der Waals surface area contributed by atoms with Crippen LogP contribution in [-0.4, -0.2) is 69.1 Å². The SMILES string of the molecule is COc1cc(-c2cc(C(=O)N3CCC(S(=O)(=O)c4ccc(Cl)cc4)C3)[nH]n2)cc(OC)c1OC. The maximum Gasteiger partial charge on any atom is 0.271 e. The number of likely N-dealkylation sites (tertiary alicyclic amines) is 1. The highest BCUT2D eigenvalue weighted by Crippen LogP contribution is 2.41. The molecule has 1 saturated heterocycles. The van der Waals surface area contributed by atoms with E-state index in [0.717, 1.165) is 0 Å². The van der Waals surface area contributed by atoms with Crippen LogP contribution < -0.4 is 14.2 Å². The monoisotopic (exact) mass is 505 g/mol. The fourth-order valence-corrected chi connectivity index (χ4v) is 5.78. The largest absolute Gasteiger partial charge is 0.493 e. The van der Waals surface area contributed by atoms with E-state index in [0.29, 0.717) is 46.5 Å². The van der Waals surface area contributed by atoms with E-state index in [1.54, 1.807) is 30.3 Å². The van der Waals surface area contributed by atoms with Gasteiger partial charge >= 0.3 is 0 Å². The molecule has 0 aliphatic carbocycles. The average molecular weight is 506 g/mol. The second kappa shape index (κ2) is 9.55. The van der Waals surface area contributed by atoms with Crippen molar-refractivity contribution in [3.63, 3.8) is 0 Å². The third-order valence-corrected chi connectivity index (χ3v) is 8.23. The fourth-order valence-electron chi connectivity index (χ4n) is 3.96. The summed E-state index contributed by atoms with van der Waals surface area (Å²) in [6.45, 7) is 0.428. The summed E-state index contributed by atoms with van der Waals surface area (Å²) in [6, 6.07) is 11.1. The molecule has 0 saturated carbocycles. The predicted molar refractivity (Wildman–Crippen MR) is 127 cm³/mol. The standard InChI is InChI=1S/C23H24ClN3O6S/c1-31-20-10-14(11-21(32-2)22(20)33-3)18-12-19(26-25-18)23(28)27-9-8-17(13-27)34(29,30)16-6-4-15(24)5-7-16/h4-7,10-12,17H,8-9,13H2,1-3H3,(H,25,26). The van der Waals surface area contributed by atoms with Gasteiger partial charge in [0.2, 0.25) is 5.75 Å². The third kappa shape index (κ3) is 4.43. The molecule has 1 aliphatic heterocycles. The lowest BCUT2D eigenvalue weighted by Crippen LogP contribution is -2.32. The van der Waals surface area contributed by atoms with E-state index >= 15 is 0 Å². The Morgan fingerprint density at radius 2 is 1.71 bits per heavy atom. The number of H-pyrrole nitrogens is 1. The van der Waals surface area contributed by atoms with Gasteiger partial charge in [-0.15, -0.1) is 0 Å². The molecule has 1 amide bonds. The van der Waals surface area contributed by atoms with E-state index in [2.05, 4.69) is 10.2 Å². The molecule has 1 aromatic heterocycles. The number of carbonyl (C=O) groups excluding carboxylic acids is 1. The summed E-state index contributed by atoms with van der Waals surface area (Å²) in [5, 5.41) is 6.79. The second-order valence-corrected chi connectivity index (χ2v) is 10.4. The summed E-state index contributed by atoms with van der Waals surface area (Å²) >= 11 is 5.87. The van der Waals surface area contributed by atoms with Gasteiger partial charge in [0.25, 0.3) is 5.91 Å². The van der Waals surface area contributed by atoms with Gasteiger partial charge in [0.1, 0.15) is 5.69 Å². The molecular weight excluding hydrogens is 482 g/mol. The molecule has 3 aromatic rings. The minimum absolute atomic E-state index is 0.0995. The summed E-state index contributed by atoms with van der Waals surface area (Å²) in [5.74, 6) is 1.05. The van der Waals surface area contributed by atoms with Gasteiger partial charge in [-0.3, -0.25) is 9.89 Å². The van der Waals surface area contributed by atoms with Crippen molar-refractivity contribution in [3.8, 4) is 28.5 Å². The maximum atomic E-state index is 13.1. The van der Waals surface area contributed by atoms with Crippen LogP contribution in [0.2, 0.25) is 5.02 Å². The number of ether oxygens (including phenoxy) is 3. The molecule has 180 valence electrons. The van der Waals surface area contributed by atoms with Gasteiger partial charge in [0.05, 0.1) is 37.2 Å². The number of methoxy groups -OCH3 is 3. The first kappa shape index (κ1) is 23.9. The van der Waals surface area contributed by atoms with Crippen molar-refractivity contribution in [1.29, 1.82) is 0 Å². The van der Waals surface area contributed by atoms with Gasteiger partial charge < -0.3 is 19.1 Å². The molecule has 4 rings (SSSR count). The van der Waals surface area contributed by atoms with E-state index in [1.807, 2.05) is 0 Å². The molecule has 1 unspecified atom stereocenters. The summed E-state index contributed by atoms with van der Waals surface area (Å²) < 4.78 is 42.1. The number of nitrogens with one attached hydrogen (secondary N) is 1. The predicted octanol–water partition coefficient (Wildman–Crippen LogP) is 3.44. The van der Waals surface area contributed by atoms with Gasteiger partial charge in [0, 0.05) is 23.7 Å².